The fraction of sp³-hybridized carbons (Fsp3) is 0.981. The molecule has 3 heteroatoms. The third-order valence-electron chi connectivity index (χ3n) is 12.9. The first-order chi connectivity index (χ1) is 26.8. The zero-order chi connectivity index (χ0) is 38.7. The third-order valence-corrected chi connectivity index (χ3v) is 12.9. The van der Waals surface area contributed by atoms with Crippen molar-refractivity contribution in [3.63, 3.8) is 0 Å². The summed E-state index contributed by atoms with van der Waals surface area (Å²) in [5, 5.41) is 0. The van der Waals surface area contributed by atoms with Crippen molar-refractivity contribution >= 4 is 5.84 Å². The van der Waals surface area contributed by atoms with E-state index < -0.39 is 0 Å². The lowest BCUT2D eigenvalue weighted by molar-refractivity contribution is -0.519. The molecule has 0 N–H and O–H groups in total. The van der Waals surface area contributed by atoms with Gasteiger partial charge in [0.25, 0.3) is 0 Å². The van der Waals surface area contributed by atoms with E-state index in [1.165, 1.54) is 309 Å². The lowest BCUT2D eigenvalue weighted by Crippen LogP contribution is -3.00. The molecule has 0 amide bonds. The van der Waals surface area contributed by atoms with Gasteiger partial charge in [-0.25, -0.2) is 0 Å². The van der Waals surface area contributed by atoms with Crippen molar-refractivity contribution in [1.29, 1.82) is 0 Å². The largest absolute Gasteiger partial charge is 1.00 e. The van der Waals surface area contributed by atoms with Crippen LogP contribution in [0.5, 0.6) is 0 Å². The molecule has 0 aromatic heterocycles. The van der Waals surface area contributed by atoms with Gasteiger partial charge in [-0.1, -0.05) is 265 Å². The van der Waals surface area contributed by atoms with Crippen molar-refractivity contribution in [2.24, 2.45) is 0 Å². The second-order valence-corrected chi connectivity index (χ2v) is 18.3. The zero-order valence-corrected chi connectivity index (χ0v) is 39.5. The van der Waals surface area contributed by atoms with Crippen molar-refractivity contribution in [3.05, 3.63) is 0 Å². The van der Waals surface area contributed by atoms with Crippen molar-refractivity contribution in [1.82, 2.24) is 4.90 Å². The molecule has 330 valence electrons. The molecule has 0 aliphatic carbocycles. The van der Waals surface area contributed by atoms with Gasteiger partial charge in [-0.15, -0.1) is 0 Å². The summed E-state index contributed by atoms with van der Waals surface area (Å²) < 4.78 is 2.84. The Morgan fingerprint density at radius 1 is 0.327 bits per heavy atom. The molecule has 0 aromatic rings. The Balaban J connectivity index is 0.0000292. The molecule has 0 bridgehead atoms. The Kier molecular flexibility index (Phi) is 46.2. The van der Waals surface area contributed by atoms with Crippen LogP contribution in [0, 0.1) is 0 Å². The Bertz CT molecular complexity index is 750. The molecular formula is C52H105ClN2. The standard InChI is InChI=1S/C52H105N2.ClH/c1-4-7-10-13-16-19-22-25-28-29-32-35-38-41-44-47-52-53(48-45-42-39-36-33-30-26-23-20-17-14-11-8-5-2)50-51-54(52)49-46-43-40-37-34-31-27-24-21-18-15-12-9-6-3;/h4-51H2,1-3H3;1H/q+1;/p-1. The molecule has 1 heterocycles. The van der Waals surface area contributed by atoms with Crippen LogP contribution in [-0.4, -0.2) is 41.5 Å². The summed E-state index contributed by atoms with van der Waals surface area (Å²) >= 11 is 0. The molecule has 55 heavy (non-hydrogen) atoms. The summed E-state index contributed by atoms with van der Waals surface area (Å²) in [5.41, 5.74) is 0. The van der Waals surface area contributed by atoms with Gasteiger partial charge >= 0.3 is 0 Å². The van der Waals surface area contributed by atoms with E-state index in [4.69, 9.17) is 0 Å². The van der Waals surface area contributed by atoms with Gasteiger partial charge in [-0.05, 0) is 32.1 Å². The molecule has 0 unspecified atom stereocenters. The number of amidine groups is 1. The lowest BCUT2D eigenvalue weighted by atomic mass is 10.0. The second kappa shape index (κ2) is 46.4. The van der Waals surface area contributed by atoms with Crippen LogP contribution in [0.3, 0.4) is 0 Å². The Hall–Kier alpha value is -0.240. The Morgan fingerprint density at radius 3 is 0.891 bits per heavy atom. The highest BCUT2D eigenvalue weighted by molar-refractivity contribution is 5.78. The quantitative estimate of drug-likeness (QED) is 0.0439. The van der Waals surface area contributed by atoms with E-state index in [0.717, 1.165) is 0 Å². The SMILES string of the molecule is CCCCCCCCCCCCCCCCCC1=[N+](CCCCCCCCCCCCCCCC)CCN1CCCCCCCCCCCCCCCC.[Cl-]. The predicted molar refractivity (Wildman–Crippen MR) is 247 cm³/mol. The Morgan fingerprint density at radius 2 is 0.582 bits per heavy atom. The number of unbranched alkanes of at least 4 members (excludes halogenated alkanes) is 40. The molecule has 0 saturated heterocycles. The van der Waals surface area contributed by atoms with Crippen LogP contribution in [0.2, 0.25) is 0 Å². The molecule has 0 atom stereocenters. The molecule has 0 aromatic carbocycles. The van der Waals surface area contributed by atoms with Gasteiger partial charge in [-0.3, -0.25) is 9.48 Å². The van der Waals surface area contributed by atoms with Crippen LogP contribution in [0.15, 0.2) is 0 Å². The fourth-order valence-corrected chi connectivity index (χ4v) is 9.15. The maximum Gasteiger partial charge on any atom is 0.247 e. The minimum absolute atomic E-state index is 0. The third kappa shape index (κ3) is 37.8. The predicted octanol–water partition coefficient (Wildman–Crippen LogP) is 14.9. The van der Waals surface area contributed by atoms with Gasteiger partial charge in [0.05, 0.1) is 13.1 Å². The van der Waals surface area contributed by atoms with Gasteiger partial charge in [0, 0.05) is 6.42 Å². The monoisotopic (exact) mass is 793 g/mol. The highest BCUT2D eigenvalue weighted by Gasteiger charge is 2.28. The smallest absolute Gasteiger partial charge is 0.247 e. The van der Waals surface area contributed by atoms with Crippen molar-refractivity contribution in [2.75, 3.05) is 26.2 Å². The molecule has 0 saturated carbocycles. The summed E-state index contributed by atoms with van der Waals surface area (Å²) in [6.45, 7) is 12.2. The van der Waals surface area contributed by atoms with Crippen LogP contribution >= 0.6 is 0 Å². The van der Waals surface area contributed by atoms with E-state index in [0.29, 0.717) is 0 Å². The molecule has 1 aliphatic heterocycles. The average molecular weight is 794 g/mol. The summed E-state index contributed by atoms with van der Waals surface area (Å²) in [5.74, 6) is 1.74. The first-order valence-electron chi connectivity index (χ1n) is 26.2. The van der Waals surface area contributed by atoms with Crippen LogP contribution < -0.4 is 12.4 Å². The van der Waals surface area contributed by atoms with Gasteiger partial charge in [-0.2, -0.15) is 0 Å². The van der Waals surface area contributed by atoms with Crippen molar-refractivity contribution in [2.45, 2.75) is 303 Å². The van der Waals surface area contributed by atoms with E-state index >= 15 is 0 Å². The highest BCUT2D eigenvalue weighted by Crippen LogP contribution is 2.18. The topological polar surface area (TPSA) is 6.25 Å². The van der Waals surface area contributed by atoms with E-state index in [-0.39, 0.29) is 12.4 Å². The van der Waals surface area contributed by atoms with Gasteiger partial charge in [0.15, 0.2) is 0 Å². The maximum absolute atomic E-state index is 2.84. The van der Waals surface area contributed by atoms with Crippen molar-refractivity contribution in [3.8, 4) is 0 Å². The van der Waals surface area contributed by atoms with Crippen LogP contribution in [0.25, 0.3) is 0 Å². The summed E-state index contributed by atoms with van der Waals surface area (Å²) in [4.78, 5) is 2.84. The molecule has 0 radical (unpaired) electrons. The molecule has 0 fully saturated rings. The number of hydrogen-bond donors (Lipinski definition) is 0. The number of halogens is 1. The van der Waals surface area contributed by atoms with Crippen LogP contribution in [0.1, 0.15) is 303 Å². The Labute approximate surface area is 355 Å². The second-order valence-electron chi connectivity index (χ2n) is 18.3. The van der Waals surface area contributed by atoms with Crippen LogP contribution in [0.4, 0.5) is 0 Å². The summed E-state index contributed by atoms with van der Waals surface area (Å²) in [6, 6.07) is 0. The minimum atomic E-state index is 0. The number of hydrogen-bond acceptors (Lipinski definition) is 1. The molecule has 0 spiro atoms. The van der Waals surface area contributed by atoms with E-state index in [1.807, 2.05) is 0 Å². The van der Waals surface area contributed by atoms with E-state index in [2.05, 4.69) is 30.2 Å². The first kappa shape index (κ1) is 54.8. The molecule has 1 rings (SSSR count). The fourth-order valence-electron chi connectivity index (χ4n) is 9.15. The molecular weight excluding hydrogens is 688 g/mol. The van der Waals surface area contributed by atoms with Gasteiger partial charge < -0.3 is 12.4 Å². The summed E-state index contributed by atoms with van der Waals surface area (Å²) in [7, 11) is 0. The van der Waals surface area contributed by atoms with Crippen molar-refractivity contribution < 1.29 is 17.0 Å². The average Bonchev–Trinajstić information content (AvgIpc) is 3.57. The number of rotatable bonds is 46. The zero-order valence-electron chi connectivity index (χ0n) is 38.7. The lowest BCUT2D eigenvalue weighted by Gasteiger charge is -2.14. The van der Waals surface area contributed by atoms with Crippen LogP contribution in [-0.2, 0) is 0 Å². The highest BCUT2D eigenvalue weighted by atomic mass is 35.5. The minimum Gasteiger partial charge on any atom is -1.00 e. The van der Waals surface area contributed by atoms with Gasteiger partial charge in [0.1, 0.15) is 13.1 Å². The maximum atomic E-state index is 2.84. The van der Waals surface area contributed by atoms with E-state index in [9.17, 15) is 0 Å². The summed E-state index contributed by atoms with van der Waals surface area (Å²) in [6.07, 6.45) is 64.0. The molecule has 1 aliphatic rings. The van der Waals surface area contributed by atoms with Gasteiger partial charge in [0.2, 0.25) is 5.84 Å². The number of nitrogens with zero attached hydrogens (tertiary/aromatic N) is 2. The first-order valence-corrected chi connectivity index (χ1v) is 26.2. The normalized spacial score (nSPS) is 13.0. The molecule has 2 nitrogen and oxygen atoms in total. The van der Waals surface area contributed by atoms with E-state index in [1.54, 1.807) is 5.84 Å².